The molecule has 0 aliphatic heterocycles. The van der Waals surface area contributed by atoms with Gasteiger partial charge in [-0.05, 0) is 31.2 Å². The Morgan fingerprint density at radius 3 is 2.67 bits per heavy atom. The molecule has 80 valence electrons. The van der Waals surface area contributed by atoms with Crippen LogP contribution in [0.3, 0.4) is 0 Å². The normalized spacial score (nSPS) is 14.9. The lowest BCUT2D eigenvalue weighted by Gasteiger charge is -2.03. The molecule has 0 unspecified atom stereocenters. The van der Waals surface area contributed by atoms with Gasteiger partial charge in [0.15, 0.2) is 0 Å². The van der Waals surface area contributed by atoms with Crippen LogP contribution < -0.4 is 0 Å². The van der Waals surface area contributed by atoms with E-state index in [9.17, 15) is 4.79 Å². The molecule has 1 aromatic carbocycles. The minimum absolute atomic E-state index is 0.00283. The zero-order valence-corrected chi connectivity index (χ0v) is 8.82. The summed E-state index contributed by atoms with van der Waals surface area (Å²) in [6.07, 6.45) is 3.95. The monoisotopic (exact) mass is 204 g/mol. The molecule has 0 bridgehead atoms. The summed E-state index contributed by atoms with van der Waals surface area (Å²) in [5.74, 6) is 0.227. The molecular formula is C13H16O2. The molecular weight excluding hydrogens is 188 g/mol. The lowest BCUT2D eigenvalue weighted by Crippen LogP contribution is -2.08. The minimum Gasteiger partial charge on any atom is -0.465 e. The average Bonchev–Trinajstić information content (AvgIpc) is 3.09. The number of benzene rings is 1. The van der Waals surface area contributed by atoms with E-state index >= 15 is 0 Å². The van der Waals surface area contributed by atoms with Crippen molar-refractivity contribution >= 4 is 5.97 Å². The van der Waals surface area contributed by atoms with Crippen LogP contribution in [0.15, 0.2) is 30.3 Å². The highest BCUT2D eigenvalue weighted by Gasteiger charge is 2.30. The van der Waals surface area contributed by atoms with Crippen LogP contribution in [-0.2, 0) is 16.0 Å². The first-order valence-electron chi connectivity index (χ1n) is 5.57. The van der Waals surface area contributed by atoms with Crippen molar-refractivity contribution in [3.63, 3.8) is 0 Å². The van der Waals surface area contributed by atoms with Crippen LogP contribution in [0.4, 0.5) is 0 Å². The maximum atomic E-state index is 11.2. The van der Waals surface area contributed by atoms with Crippen molar-refractivity contribution in [3.8, 4) is 0 Å². The van der Waals surface area contributed by atoms with E-state index in [1.165, 1.54) is 5.56 Å². The van der Waals surface area contributed by atoms with E-state index in [1.807, 2.05) is 18.2 Å². The predicted molar refractivity (Wildman–Crippen MR) is 58.4 cm³/mol. The Morgan fingerprint density at radius 2 is 2.00 bits per heavy atom. The molecule has 15 heavy (non-hydrogen) atoms. The van der Waals surface area contributed by atoms with Crippen molar-refractivity contribution in [1.82, 2.24) is 0 Å². The Bertz CT molecular complexity index is 315. The van der Waals surface area contributed by atoms with E-state index in [4.69, 9.17) is 4.74 Å². The van der Waals surface area contributed by atoms with Crippen molar-refractivity contribution in [2.24, 2.45) is 5.92 Å². The van der Waals surface area contributed by atoms with Gasteiger partial charge in [-0.25, -0.2) is 0 Å². The molecule has 0 amide bonds. The largest absolute Gasteiger partial charge is 0.465 e. The SMILES string of the molecule is O=C(OCCCc1ccccc1)C1CC1. The Balaban J connectivity index is 1.60. The van der Waals surface area contributed by atoms with Crippen molar-refractivity contribution in [2.75, 3.05) is 6.61 Å². The second kappa shape index (κ2) is 4.96. The summed E-state index contributed by atoms with van der Waals surface area (Å²) in [6, 6.07) is 10.3. The molecule has 0 saturated heterocycles. The number of rotatable bonds is 5. The van der Waals surface area contributed by atoms with Crippen LogP contribution in [0, 0.1) is 5.92 Å². The minimum atomic E-state index is 0.00283. The lowest BCUT2D eigenvalue weighted by atomic mass is 10.1. The van der Waals surface area contributed by atoms with Crippen LogP contribution >= 0.6 is 0 Å². The van der Waals surface area contributed by atoms with Gasteiger partial charge in [0, 0.05) is 0 Å². The van der Waals surface area contributed by atoms with Gasteiger partial charge in [0.2, 0.25) is 0 Å². The molecule has 0 heterocycles. The molecule has 2 nitrogen and oxygen atoms in total. The molecule has 0 atom stereocenters. The van der Waals surface area contributed by atoms with Crippen LogP contribution in [0.25, 0.3) is 0 Å². The highest BCUT2D eigenvalue weighted by molar-refractivity contribution is 5.74. The summed E-state index contributed by atoms with van der Waals surface area (Å²) in [5, 5.41) is 0. The standard InChI is InChI=1S/C13H16O2/c14-13(12-8-9-12)15-10-4-7-11-5-2-1-3-6-11/h1-3,5-6,12H,4,7-10H2. The van der Waals surface area contributed by atoms with Crippen LogP contribution in [0.5, 0.6) is 0 Å². The van der Waals surface area contributed by atoms with Crippen LogP contribution in [-0.4, -0.2) is 12.6 Å². The Kier molecular flexibility index (Phi) is 3.38. The topological polar surface area (TPSA) is 26.3 Å². The van der Waals surface area contributed by atoms with E-state index in [0.717, 1.165) is 25.7 Å². The molecule has 1 aromatic rings. The lowest BCUT2D eigenvalue weighted by molar-refractivity contribution is -0.145. The molecule has 1 aliphatic carbocycles. The first-order valence-corrected chi connectivity index (χ1v) is 5.57. The molecule has 0 N–H and O–H groups in total. The first kappa shape index (κ1) is 10.2. The molecule has 2 heteroatoms. The van der Waals surface area contributed by atoms with Crippen molar-refractivity contribution < 1.29 is 9.53 Å². The average molecular weight is 204 g/mol. The molecule has 2 rings (SSSR count). The quantitative estimate of drug-likeness (QED) is 0.544. The first-order chi connectivity index (χ1) is 7.36. The van der Waals surface area contributed by atoms with E-state index in [1.54, 1.807) is 0 Å². The second-order valence-electron chi connectivity index (χ2n) is 4.03. The summed E-state index contributed by atoms with van der Waals surface area (Å²) in [7, 11) is 0. The van der Waals surface area contributed by atoms with Crippen molar-refractivity contribution in [3.05, 3.63) is 35.9 Å². The van der Waals surface area contributed by atoms with Gasteiger partial charge in [-0.2, -0.15) is 0 Å². The number of carbonyl (C=O) groups is 1. The van der Waals surface area contributed by atoms with Gasteiger partial charge in [-0.15, -0.1) is 0 Å². The summed E-state index contributed by atoms with van der Waals surface area (Å²) >= 11 is 0. The third-order valence-corrected chi connectivity index (χ3v) is 2.61. The number of hydrogen-bond donors (Lipinski definition) is 0. The summed E-state index contributed by atoms with van der Waals surface area (Å²) < 4.78 is 5.15. The van der Waals surface area contributed by atoms with E-state index in [0.29, 0.717) is 6.61 Å². The van der Waals surface area contributed by atoms with Crippen LogP contribution in [0.2, 0.25) is 0 Å². The van der Waals surface area contributed by atoms with Crippen molar-refractivity contribution in [1.29, 1.82) is 0 Å². The van der Waals surface area contributed by atoms with Gasteiger partial charge < -0.3 is 4.74 Å². The summed E-state index contributed by atoms with van der Waals surface area (Å²) in [6.45, 7) is 0.560. The zero-order chi connectivity index (χ0) is 10.5. The summed E-state index contributed by atoms with van der Waals surface area (Å²) in [5.41, 5.74) is 1.31. The molecule has 1 saturated carbocycles. The summed E-state index contributed by atoms with van der Waals surface area (Å²) in [4.78, 5) is 11.2. The Hall–Kier alpha value is -1.31. The van der Waals surface area contributed by atoms with E-state index < -0.39 is 0 Å². The maximum absolute atomic E-state index is 11.2. The molecule has 0 spiro atoms. The van der Waals surface area contributed by atoms with Crippen LogP contribution in [0.1, 0.15) is 24.8 Å². The fourth-order valence-corrected chi connectivity index (χ4v) is 1.53. The molecule has 0 aromatic heterocycles. The van der Waals surface area contributed by atoms with Gasteiger partial charge in [0.25, 0.3) is 0 Å². The highest BCUT2D eigenvalue weighted by Crippen LogP contribution is 2.30. The molecule has 1 aliphatic rings. The number of hydrogen-bond acceptors (Lipinski definition) is 2. The van der Waals surface area contributed by atoms with Gasteiger partial charge in [0.05, 0.1) is 12.5 Å². The fourth-order valence-electron chi connectivity index (χ4n) is 1.53. The van der Waals surface area contributed by atoms with E-state index in [2.05, 4.69) is 12.1 Å². The Labute approximate surface area is 90.3 Å². The fraction of sp³-hybridized carbons (Fsp3) is 0.462. The number of aryl methyl sites for hydroxylation is 1. The second-order valence-corrected chi connectivity index (χ2v) is 4.03. The maximum Gasteiger partial charge on any atom is 0.308 e. The third kappa shape index (κ3) is 3.39. The number of ether oxygens (including phenoxy) is 1. The number of carbonyl (C=O) groups excluding carboxylic acids is 1. The zero-order valence-electron chi connectivity index (χ0n) is 8.82. The Morgan fingerprint density at radius 1 is 1.27 bits per heavy atom. The van der Waals surface area contributed by atoms with Gasteiger partial charge >= 0.3 is 5.97 Å². The van der Waals surface area contributed by atoms with Gasteiger partial charge in [-0.3, -0.25) is 4.79 Å². The van der Waals surface area contributed by atoms with Crippen molar-refractivity contribution in [2.45, 2.75) is 25.7 Å². The predicted octanol–water partition coefficient (Wildman–Crippen LogP) is 2.57. The smallest absolute Gasteiger partial charge is 0.308 e. The molecule has 0 radical (unpaired) electrons. The molecule has 1 fully saturated rings. The van der Waals surface area contributed by atoms with Gasteiger partial charge in [-0.1, -0.05) is 30.3 Å². The third-order valence-electron chi connectivity index (χ3n) is 2.61. The highest BCUT2D eigenvalue weighted by atomic mass is 16.5. The number of esters is 1. The van der Waals surface area contributed by atoms with E-state index in [-0.39, 0.29) is 11.9 Å². The van der Waals surface area contributed by atoms with Gasteiger partial charge in [0.1, 0.15) is 0 Å².